The summed E-state index contributed by atoms with van der Waals surface area (Å²) in [5.74, 6) is -0.859. The average Bonchev–Trinajstić information content (AvgIpc) is 3.37. The van der Waals surface area contributed by atoms with Crippen LogP contribution in [-0.2, 0) is 16.6 Å². The first-order chi connectivity index (χ1) is 11.5. The molecule has 0 bridgehead atoms. The van der Waals surface area contributed by atoms with Crippen LogP contribution in [-0.4, -0.2) is 23.5 Å². The van der Waals surface area contributed by atoms with Crippen molar-refractivity contribution in [2.45, 2.75) is 24.7 Å². The number of carbonyl (C=O) groups excluding carboxylic acids is 1. The Bertz CT molecular complexity index is 766. The lowest BCUT2D eigenvalue weighted by Gasteiger charge is -2.16. The van der Waals surface area contributed by atoms with E-state index >= 15 is 0 Å². The second-order valence-corrected chi connectivity index (χ2v) is 7.02. The van der Waals surface area contributed by atoms with Crippen LogP contribution >= 0.6 is 15.9 Å². The molecular weight excluding hydrogens is 370 g/mol. The highest BCUT2D eigenvalue weighted by atomic mass is 79.9. The van der Waals surface area contributed by atoms with Gasteiger partial charge in [0.15, 0.2) is 0 Å². The molecule has 0 saturated heterocycles. The number of rotatable bonds is 6. The highest BCUT2D eigenvalue weighted by molar-refractivity contribution is 9.10. The number of hydrogen-bond donors (Lipinski definition) is 2. The second-order valence-electron chi connectivity index (χ2n) is 6.10. The van der Waals surface area contributed by atoms with Gasteiger partial charge >= 0.3 is 5.97 Å². The van der Waals surface area contributed by atoms with E-state index < -0.39 is 5.97 Å². The summed E-state index contributed by atoms with van der Waals surface area (Å²) in [6, 6.07) is 14.7. The van der Waals surface area contributed by atoms with Crippen LogP contribution in [0.1, 0.15) is 34.3 Å². The fraction of sp³-hybridized carbons (Fsp3) is 0.263. The highest BCUT2D eigenvalue weighted by Crippen LogP contribution is 2.48. The number of hydrogen-bond acceptors (Lipinski definition) is 2. The van der Waals surface area contributed by atoms with Crippen molar-refractivity contribution < 1.29 is 14.7 Å². The highest BCUT2D eigenvalue weighted by Gasteiger charge is 2.51. The third-order valence-corrected chi connectivity index (χ3v) is 4.96. The average molecular weight is 388 g/mol. The van der Waals surface area contributed by atoms with Crippen LogP contribution in [0.3, 0.4) is 0 Å². The van der Waals surface area contributed by atoms with Crippen LogP contribution in [0, 0.1) is 0 Å². The lowest BCUT2D eigenvalue weighted by molar-refractivity contribution is -0.123. The molecule has 2 aromatic rings. The van der Waals surface area contributed by atoms with Crippen molar-refractivity contribution >= 4 is 27.8 Å². The number of aromatic carboxylic acids is 1. The van der Waals surface area contributed by atoms with Gasteiger partial charge in [-0.3, -0.25) is 4.79 Å². The standard InChI is InChI=1S/C19H18BrNO3/c20-16-3-1-2-15(12-16)19(9-10-19)18(24)21-11-8-13-4-6-14(7-5-13)17(22)23/h1-7,12H,8-11H2,(H,21,24)(H,22,23). The molecule has 5 heteroatoms. The lowest BCUT2D eigenvalue weighted by atomic mass is 9.95. The molecule has 1 fully saturated rings. The third-order valence-electron chi connectivity index (χ3n) is 4.46. The van der Waals surface area contributed by atoms with E-state index in [1.807, 2.05) is 24.3 Å². The first-order valence-electron chi connectivity index (χ1n) is 7.88. The molecule has 3 rings (SSSR count). The Balaban J connectivity index is 1.57. The molecule has 1 aliphatic carbocycles. The number of carboxylic acid groups (broad SMARTS) is 1. The maximum Gasteiger partial charge on any atom is 0.335 e. The number of benzene rings is 2. The number of nitrogens with one attached hydrogen (secondary N) is 1. The zero-order valence-corrected chi connectivity index (χ0v) is 14.7. The summed E-state index contributed by atoms with van der Waals surface area (Å²) in [6.45, 7) is 0.543. The molecular formula is C19H18BrNO3. The molecule has 0 aromatic heterocycles. The van der Waals surface area contributed by atoms with Crippen molar-refractivity contribution in [3.05, 3.63) is 69.7 Å². The van der Waals surface area contributed by atoms with Crippen LogP contribution in [0.5, 0.6) is 0 Å². The summed E-state index contributed by atoms with van der Waals surface area (Å²) in [7, 11) is 0. The van der Waals surface area contributed by atoms with Gasteiger partial charge in [0.05, 0.1) is 11.0 Å². The molecule has 124 valence electrons. The topological polar surface area (TPSA) is 66.4 Å². The molecule has 1 amide bonds. The maximum absolute atomic E-state index is 12.6. The van der Waals surface area contributed by atoms with E-state index in [9.17, 15) is 9.59 Å². The summed E-state index contributed by atoms with van der Waals surface area (Å²) in [5.41, 5.74) is 1.96. The van der Waals surface area contributed by atoms with Gasteiger partial charge in [-0.15, -0.1) is 0 Å². The molecule has 2 N–H and O–H groups in total. The van der Waals surface area contributed by atoms with Crippen LogP contribution in [0.15, 0.2) is 53.0 Å². The first-order valence-corrected chi connectivity index (χ1v) is 8.67. The normalized spacial score (nSPS) is 14.9. The molecule has 1 aliphatic rings. The van der Waals surface area contributed by atoms with Gasteiger partial charge in [0.1, 0.15) is 0 Å². The van der Waals surface area contributed by atoms with Gasteiger partial charge in [0, 0.05) is 11.0 Å². The van der Waals surface area contributed by atoms with E-state index in [2.05, 4.69) is 21.2 Å². The molecule has 0 aliphatic heterocycles. The molecule has 0 heterocycles. The van der Waals surface area contributed by atoms with Crippen molar-refractivity contribution in [3.63, 3.8) is 0 Å². The van der Waals surface area contributed by atoms with E-state index in [4.69, 9.17) is 5.11 Å². The summed E-state index contributed by atoms with van der Waals surface area (Å²) in [5, 5.41) is 11.9. The van der Waals surface area contributed by atoms with Crippen molar-refractivity contribution in [1.82, 2.24) is 5.32 Å². The number of carboxylic acids is 1. The predicted molar refractivity (Wildman–Crippen MR) is 95.2 cm³/mol. The zero-order chi connectivity index (χ0) is 17.2. The molecule has 0 atom stereocenters. The Labute approximate surface area is 149 Å². The predicted octanol–water partition coefficient (Wildman–Crippen LogP) is 3.54. The van der Waals surface area contributed by atoms with Gasteiger partial charge < -0.3 is 10.4 Å². The molecule has 0 radical (unpaired) electrons. The monoisotopic (exact) mass is 387 g/mol. The number of halogens is 1. The van der Waals surface area contributed by atoms with E-state index in [1.54, 1.807) is 24.3 Å². The minimum atomic E-state index is -0.931. The minimum Gasteiger partial charge on any atom is -0.478 e. The number of carbonyl (C=O) groups is 2. The quantitative estimate of drug-likeness (QED) is 0.796. The van der Waals surface area contributed by atoms with Crippen LogP contribution in [0.4, 0.5) is 0 Å². The Morgan fingerprint density at radius 3 is 2.42 bits per heavy atom. The van der Waals surface area contributed by atoms with Crippen LogP contribution in [0.2, 0.25) is 0 Å². The molecule has 4 nitrogen and oxygen atoms in total. The summed E-state index contributed by atoms with van der Waals surface area (Å²) in [6.07, 6.45) is 2.44. The van der Waals surface area contributed by atoms with E-state index in [0.29, 0.717) is 13.0 Å². The lowest BCUT2D eigenvalue weighted by Crippen LogP contribution is -2.35. The maximum atomic E-state index is 12.6. The summed E-state index contributed by atoms with van der Waals surface area (Å²) in [4.78, 5) is 23.4. The van der Waals surface area contributed by atoms with E-state index in [0.717, 1.165) is 28.4 Å². The van der Waals surface area contributed by atoms with Crippen LogP contribution in [0.25, 0.3) is 0 Å². The second kappa shape index (κ2) is 6.77. The van der Waals surface area contributed by atoms with Crippen molar-refractivity contribution in [2.24, 2.45) is 0 Å². The van der Waals surface area contributed by atoms with Gasteiger partial charge in [-0.05, 0) is 54.7 Å². The van der Waals surface area contributed by atoms with Crippen molar-refractivity contribution in [1.29, 1.82) is 0 Å². The molecule has 2 aromatic carbocycles. The fourth-order valence-corrected chi connectivity index (χ4v) is 3.26. The van der Waals surface area contributed by atoms with Gasteiger partial charge in [0.25, 0.3) is 0 Å². The van der Waals surface area contributed by atoms with Crippen molar-refractivity contribution in [2.75, 3.05) is 6.54 Å². The first kappa shape index (κ1) is 16.7. The number of amides is 1. The van der Waals surface area contributed by atoms with Crippen molar-refractivity contribution in [3.8, 4) is 0 Å². The smallest absolute Gasteiger partial charge is 0.335 e. The van der Waals surface area contributed by atoms with E-state index in [-0.39, 0.29) is 16.9 Å². The fourth-order valence-electron chi connectivity index (χ4n) is 2.86. The van der Waals surface area contributed by atoms with E-state index in [1.165, 1.54) is 0 Å². The molecule has 0 unspecified atom stereocenters. The Kier molecular flexibility index (Phi) is 4.71. The summed E-state index contributed by atoms with van der Waals surface area (Å²) >= 11 is 3.46. The molecule has 24 heavy (non-hydrogen) atoms. The molecule has 1 saturated carbocycles. The molecule has 0 spiro atoms. The van der Waals surface area contributed by atoms with Gasteiger partial charge in [-0.1, -0.05) is 40.2 Å². The Morgan fingerprint density at radius 1 is 1.12 bits per heavy atom. The largest absolute Gasteiger partial charge is 0.478 e. The van der Waals surface area contributed by atoms with Gasteiger partial charge in [-0.2, -0.15) is 0 Å². The van der Waals surface area contributed by atoms with Gasteiger partial charge in [-0.25, -0.2) is 4.79 Å². The Hall–Kier alpha value is -2.14. The Morgan fingerprint density at radius 2 is 1.83 bits per heavy atom. The minimum absolute atomic E-state index is 0.0720. The van der Waals surface area contributed by atoms with Gasteiger partial charge in [0.2, 0.25) is 5.91 Å². The third kappa shape index (κ3) is 3.51. The SMILES string of the molecule is O=C(O)c1ccc(CCNC(=O)C2(c3cccc(Br)c3)CC2)cc1. The summed E-state index contributed by atoms with van der Waals surface area (Å²) < 4.78 is 0.984. The van der Waals surface area contributed by atoms with Crippen LogP contribution < -0.4 is 5.32 Å². The zero-order valence-electron chi connectivity index (χ0n) is 13.1.